The highest BCUT2D eigenvalue weighted by Gasteiger charge is 2.17. The second-order valence-corrected chi connectivity index (χ2v) is 5.43. The molecule has 0 bridgehead atoms. The van der Waals surface area contributed by atoms with Crippen molar-refractivity contribution in [3.05, 3.63) is 30.6 Å². The van der Waals surface area contributed by atoms with Gasteiger partial charge in [0.25, 0.3) is 0 Å². The Morgan fingerprint density at radius 3 is 2.55 bits per heavy atom. The highest BCUT2D eigenvalue weighted by atomic mass is 15.6. The van der Waals surface area contributed by atoms with Crippen molar-refractivity contribution in [3.63, 3.8) is 0 Å². The van der Waals surface area contributed by atoms with Crippen molar-refractivity contribution >= 4 is 5.69 Å². The summed E-state index contributed by atoms with van der Waals surface area (Å²) in [5.41, 5.74) is 7.97. The lowest BCUT2D eigenvalue weighted by Gasteiger charge is -2.26. The lowest BCUT2D eigenvalue weighted by Crippen LogP contribution is -2.29. The minimum atomic E-state index is 0.417. The van der Waals surface area contributed by atoms with Crippen molar-refractivity contribution in [3.8, 4) is 5.69 Å². The Morgan fingerprint density at radius 2 is 1.90 bits per heavy atom. The Kier molecular flexibility index (Phi) is 3.92. The molecule has 0 aliphatic heterocycles. The molecule has 1 aliphatic carbocycles. The topological polar surface area (TPSA) is 81.6 Å². The van der Waals surface area contributed by atoms with Crippen LogP contribution in [0.3, 0.4) is 0 Å². The summed E-state index contributed by atoms with van der Waals surface area (Å²) in [4.78, 5) is 1.51. The maximum absolute atomic E-state index is 5.93. The number of nitrogens with one attached hydrogen (secondary N) is 1. The Hall–Kier alpha value is -1.95. The minimum Gasteiger partial charge on any atom is -0.385 e. The van der Waals surface area contributed by atoms with Crippen LogP contribution in [0.25, 0.3) is 5.69 Å². The molecule has 1 aliphatic rings. The first-order chi connectivity index (χ1) is 9.81. The SMILES string of the molecule is N[C@H]1CC[C@H](CNc2ccc(-n3ncnn3)cc2)CC1. The van der Waals surface area contributed by atoms with E-state index in [2.05, 4.69) is 20.7 Å². The molecule has 0 atom stereocenters. The van der Waals surface area contributed by atoms with Crippen molar-refractivity contribution in [2.45, 2.75) is 31.7 Å². The predicted octanol–water partition coefficient (Wildman–Crippen LogP) is 1.59. The third-order valence-electron chi connectivity index (χ3n) is 3.93. The first-order valence-electron chi connectivity index (χ1n) is 7.14. The summed E-state index contributed by atoms with van der Waals surface area (Å²) >= 11 is 0. The van der Waals surface area contributed by atoms with Crippen LogP contribution in [-0.2, 0) is 0 Å². The molecule has 3 N–H and O–H groups in total. The largest absolute Gasteiger partial charge is 0.385 e. The molecule has 106 valence electrons. The van der Waals surface area contributed by atoms with E-state index in [0.29, 0.717) is 6.04 Å². The monoisotopic (exact) mass is 272 g/mol. The van der Waals surface area contributed by atoms with Crippen molar-refractivity contribution < 1.29 is 0 Å². The summed E-state index contributed by atoms with van der Waals surface area (Å²) in [6, 6.07) is 8.49. The quantitative estimate of drug-likeness (QED) is 0.883. The first kappa shape index (κ1) is 13.1. The van der Waals surface area contributed by atoms with E-state index in [0.717, 1.165) is 36.7 Å². The molecule has 1 fully saturated rings. The first-order valence-corrected chi connectivity index (χ1v) is 7.14. The Labute approximate surface area is 118 Å². The van der Waals surface area contributed by atoms with Crippen molar-refractivity contribution in [1.82, 2.24) is 20.2 Å². The number of anilines is 1. The molecule has 1 aromatic heterocycles. The lowest BCUT2D eigenvalue weighted by atomic mass is 9.86. The molecule has 3 rings (SSSR count). The molecule has 1 saturated carbocycles. The predicted molar refractivity (Wildman–Crippen MR) is 77.6 cm³/mol. The standard InChI is InChI=1S/C14H20N6/c15-12-3-1-11(2-4-12)9-16-13-5-7-14(8-6-13)20-18-10-17-19-20/h5-8,10-12,16H,1-4,9,15H2/t11-,12-. The lowest BCUT2D eigenvalue weighted by molar-refractivity contribution is 0.339. The Bertz CT molecular complexity index is 513. The number of benzene rings is 1. The third-order valence-corrected chi connectivity index (χ3v) is 3.93. The van der Waals surface area contributed by atoms with Gasteiger partial charge in [-0.3, -0.25) is 0 Å². The molecule has 1 aromatic carbocycles. The van der Waals surface area contributed by atoms with Crippen LogP contribution < -0.4 is 11.1 Å². The van der Waals surface area contributed by atoms with Crippen LogP contribution in [-0.4, -0.2) is 32.8 Å². The van der Waals surface area contributed by atoms with Crippen LogP contribution >= 0.6 is 0 Å². The van der Waals surface area contributed by atoms with Gasteiger partial charge in [-0.1, -0.05) is 0 Å². The molecular formula is C14H20N6. The normalized spacial score (nSPS) is 22.6. The molecule has 6 heteroatoms. The van der Waals surface area contributed by atoms with Crippen molar-refractivity contribution in [1.29, 1.82) is 0 Å². The summed E-state index contributed by atoms with van der Waals surface area (Å²) in [5, 5.41) is 15.1. The number of tetrazole rings is 1. The summed E-state index contributed by atoms with van der Waals surface area (Å²) in [5.74, 6) is 0.742. The molecule has 6 nitrogen and oxygen atoms in total. The van der Waals surface area contributed by atoms with Crippen molar-refractivity contribution in [2.75, 3.05) is 11.9 Å². The number of rotatable bonds is 4. The summed E-state index contributed by atoms with van der Waals surface area (Å²) in [7, 11) is 0. The van der Waals surface area contributed by atoms with Gasteiger partial charge in [0.05, 0.1) is 5.69 Å². The minimum absolute atomic E-state index is 0.417. The van der Waals surface area contributed by atoms with E-state index in [9.17, 15) is 0 Å². The van der Waals surface area contributed by atoms with E-state index in [1.54, 1.807) is 0 Å². The summed E-state index contributed by atoms with van der Waals surface area (Å²) in [6.07, 6.45) is 6.21. The number of nitrogens with two attached hydrogens (primary N) is 1. The fourth-order valence-corrected chi connectivity index (χ4v) is 2.65. The zero-order chi connectivity index (χ0) is 13.8. The van der Waals surface area contributed by atoms with Crippen LogP contribution in [0.5, 0.6) is 0 Å². The van der Waals surface area contributed by atoms with E-state index in [1.807, 2.05) is 24.3 Å². The van der Waals surface area contributed by atoms with Gasteiger partial charge in [-0.25, -0.2) is 0 Å². The number of hydrogen-bond donors (Lipinski definition) is 2. The molecule has 2 aromatic rings. The zero-order valence-electron chi connectivity index (χ0n) is 11.4. The number of aromatic nitrogens is 4. The molecule has 0 spiro atoms. The highest BCUT2D eigenvalue weighted by molar-refractivity contribution is 5.48. The van der Waals surface area contributed by atoms with Gasteiger partial charge >= 0.3 is 0 Å². The maximum Gasteiger partial charge on any atom is 0.162 e. The molecule has 1 heterocycles. The molecular weight excluding hydrogens is 252 g/mol. The molecule has 0 saturated heterocycles. The molecule has 0 radical (unpaired) electrons. The van der Waals surface area contributed by atoms with Gasteiger partial charge in [-0.15, -0.1) is 15.0 Å². The molecule has 0 amide bonds. The average Bonchev–Trinajstić information content (AvgIpc) is 3.01. The van der Waals surface area contributed by atoms with Crippen LogP contribution in [0.4, 0.5) is 5.69 Å². The van der Waals surface area contributed by atoms with Crippen LogP contribution in [0.15, 0.2) is 30.6 Å². The summed E-state index contributed by atoms with van der Waals surface area (Å²) in [6.45, 7) is 1.02. The fourth-order valence-electron chi connectivity index (χ4n) is 2.65. The number of hydrogen-bond acceptors (Lipinski definition) is 5. The van der Waals surface area contributed by atoms with Crippen LogP contribution in [0.2, 0.25) is 0 Å². The van der Waals surface area contributed by atoms with E-state index < -0.39 is 0 Å². The van der Waals surface area contributed by atoms with Gasteiger partial charge in [0, 0.05) is 18.3 Å². The molecule has 0 unspecified atom stereocenters. The third kappa shape index (κ3) is 3.14. The number of nitrogens with zero attached hydrogens (tertiary/aromatic N) is 4. The Balaban J connectivity index is 1.53. The van der Waals surface area contributed by atoms with E-state index >= 15 is 0 Å². The van der Waals surface area contributed by atoms with Crippen LogP contribution in [0, 0.1) is 5.92 Å². The second-order valence-electron chi connectivity index (χ2n) is 5.43. The van der Waals surface area contributed by atoms with Gasteiger partial charge in [0.15, 0.2) is 6.33 Å². The van der Waals surface area contributed by atoms with Gasteiger partial charge in [-0.05, 0) is 61.1 Å². The van der Waals surface area contributed by atoms with E-state index in [1.165, 1.54) is 24.0 Å². The second kappa shape index (κ2) is 6.00. The highest BCUT2D eigenvalue weighted by Crippen LogP contribution is 2.23. The van der Waals surface area contributed by atoms with Crippen molar-refractivity contribution in [2.24, 2.45) is 11.7 Å². The summed E-state index contributed by atoms with van der Waals surface area (Å²) < 4.78 is 0. The van der Waals surface area contributed by atoms with E-state index in [-0.39, 0.29) is 0 Å². The van der Waals surface area contributed by atoms with Gasteiger partial charge in [-0.2, -0.15) is 0 Å². The van der Waals surface area contributed by atoms with Gasteiger partial charge in [0.1, 0.15) is 0 Å². The fraction of sp³-hybridized carbons (Fsp3) is 0.500. The average molecular weight is 272 g/mol. The molecule has 20 heavy (non-hydrogen) atoms. The zero-order valence-corrected chi connectivity index (χ0v) is 11.4. The van der Waals surface area contributed by atoms with Crippen LogP contribution in [0.1, 0.15) is 25.7 Å². The van der Waals surface area contributed by atoms with Gasteiger partial charge < -0.3 is 11.1 Å². The van der Waals surface area contributed by atoms with Gasteiger partial charge in [0.2, 0.25) is 0 Å². The Morgan fingerprint density at radius 1 is 1.15 bits per heavy atom. The maximum atomic E-state index is 5.93. The smallest absolute Gasteiger partial charge is 0.162 e. The van der Waals surface area contributed by atoms with E-state index in [4.69, 9.17) is 5.73 Å².